The Bertz CT molecular complexity index is 1750. The maximum absolute atomic E-state index is 13.5. The summed E-state index contributed by atoms with van der Waals surface area (Å²) < 4.78 is 17.7. The number of carbonyl (C=O) groups is 2. The van der Waals surface area contributed by atoms with Crippen molar-refractivity contribution in [2.45, 2.75) is 346 Å². The molecule has 1 aliphatic rings. The van der Waals surface area contributed by atoms with Crippen LogP contribution in [0.25, 0.3) is 0 Å². The van der Waals surface area contributed by atoms with Crippen LogP contribution < -0.4 is 5.32 Å². The zero-order valence-corrected chi connectivity index (χ0v) is 54.5. The highest BCUT2D eigenvalue weighted by Gasteiger charge is 2.47. The number of carbonyl (C=O) groups excluding carboxylic acids is 2. The Labute approximate surface area is 520 Å². The first-order valence-corrected chi connectivity index (χ1v) is 35.0. The van der Waals surface area contributed by atoms with Crippen molar-refractivity contribution < 1.29 is 49.3 Å². The second-order valence-corrected chi connectivity index (χ2v) is 23.9. The highest BCUT2D eigenvalue weighted by Crippen LogP contribution is 2.26. The van der Waals surface area contributed by atoms with E-state index in [1.54, 1.807) is 6.08 Å². The Kier molecular flexibility index (Phi) is 57.0. The third kappa shape index (κ3) is 48.2. The van der Waals surface area contributed by atoms with Gasteiger partial charge in [0.1, 0.15) is 24.4 Å². The van der Waals surface area contributed by atoms with E-state index in [1.165, 1.54) is 135 Å². The van der Waals surface area contributed by atoms with Crippen molar-refractivity contribution in [3.63, 3.8) is 0 Å². The van der Waals surface area contributed by atoms with Gasteiger partial charge in [0, 0.05) is 6.42 Å². The van der Waals surface area contributed by atoms with Gasteiger partial charge in [0.2, 0.25) is 5.91 Å². The summed E-state index contributed by atoms with van der Waals surface area (Å²) >= 11 is 0. The van der Waals surface area contributed by atoms with Gasteiger partial charge in [-0.2, -0.15) is 0 Å². The third-order valence-corrected chi connectivity index (χ3v) is 16.0. The number of amides is 1. The summed E-state index contributed by atoms with van der Waals surface area (Å²) in [5.41, 5.74) is 0. The molecule has 1 heterocycles. The van der Waals surface area contributed by atoms with Crippen LogP contribution in [-0.2, 0) is 23.8 Å². The van der Waals surface area contributed by atoms with Crippen LogP contribution in [0.5, 0.6) is 0 Å². The molecule has 0 aromatic heterocycles. The van der Waals surface area contributed by atoms with Crippen LogP contribution in [0.1, 0.15) is 297 Å². The molecule has 8 unspecified atom stereocenters. The monoisotopic (exact) mass is 1190 g/mol. The predicted octanol–water partition coefficient (Wildman–Crippen LogP) is 17.8. The largest absolute Gasteiger partial charge is 0.454 e. The molecule has 0 aliphatic carbocycles. The van der Waals surface area contributed by atoms with Crippen molar-refractivity contribution in [1.29, 1.82) is 0 Å². The number of rotatable bonds is 59. The Morgan fingerprint density at radius 1 is 0.471 bits per heavy atom. The summed E-state index contributed by atoms with van der Waals surface area (Å²) in [6.07, 6.45) is 71.5. The van der Waals surface area contributed by atoms with E-state index in [-0.39, 0.29) is 19.4 Å². The average molecular weight is 1190 g/mol. The molecule has 8 atom stereocenters. The van der Waals surface area contributed by atoms with Gasteiger partial charge in [0.25, 0.3) is 0 Å². The van der Waals surface area contributed by atoms with E-state index >= 15 is 0 Å². The number of aliphatic hydroxyl groups excluding tert-OH is 5. The van der Waals surface area contributed by atoms with E-state index in [1.807, 2.05) is 6.08 Å². The maximum atomic E-state index is 13.5. The molecule has 1 aliphatic heterocycles. The van der Waals surface area contributed by atoms with Crippen molar-refractivity contribution in [3.8, 4) is 0 Å². The van der Waals surface area contributed by atoms with E-state index in [9.17, 15) is 35.1 Å². The van der Waals surface area contributed by atoms with Crippen molar-refractivity contribution in [2.24, 2.45) is 0 Å². The number of hydrogen-bond donors (Lipinski definition) is 6. The fourth-order valence-corrected chi connectivity index (χ4v) is 10.5. The lowest BCUT2D eigenvalue weighted by atomic mass is 9.99. The van der Waals surface area contributed by atoms with Crippen molar-refractivity contribution in [1.82, 2.24) is 5.32 Å². The van der Waals surface area contributed by atoms with Gasteiger partial charge in [-0.1, -0.05) is 285 Å². The van der Waals surface area contributed by atoms with Gasteiger partial charge >= 0.3 is 5.97 Å². The number of aliphatic hydroxyl groups is 5. The topological polar surface area (TPSA) is 175 Å². The third-order valence-electron chi connectivity index (χ3n) is 16.0. The van der Waals surface area contributed by atoms with Crippen LogP contribution >= 0.6 is 0 Å². The fourth-order valence-electron chi connectivity index (χ4n) is 10.5. The van der Waals surface area contributed by atoms with Gasteiger partial charge in [-0.05, 0) is 103 Å². The molecule has 11 nitrogen and oxygen atoms in total. The van der Waals surface area contributed by atoms with Gasteiger partial charge < -0.3 is 45.1 Å². The highest BCUT2D eigenvalue weighted by atomic mass is 16.7. The molecule has 0 saturated carbocycles. The van der Waals surface area contributed by atoms with Crippen LogP contribution in [0.3, 0.4) is 0 Å². The molecule has 1 fully saturated rings. The van der Waals surface area contributed by atoms with Crippen LogP contribution in [0.4, 0.5) is 0 Å². The Balaban J connectivity index is 2.61. The van der Waals surface area contributed by atoms with Crippen LogP contribution in [-0.4, -0.2) is 99.6 Å². The smallest absolute Gasteiger partial charge is 0.306 e. The normalized spacial score (nSPS) is 19.0. The molecule has 11 heteroatoms. The predicted molar refractivity (Wildman–Crippen MR) is 356 cm³/mol. The molecule has 1 rings (SSSR count). The van der Waals surface area contributed by atoms with Crippen LogP contribution in [0.2, 0.25) is 0 Å². The van der Waals surface area contributed by atoms with Gasteiger partial charge in [-0.3, -0.25) is 9.59 Å². The minimum Gasteiger partial charge on any atom is -0.454 e. The van der Waals surface area contributed by atoms with E-state index in [2.05, 4.69) is 111 Å². The lowest BCUT2D eigenvalue weighted by Gasteiger charge is -2.41. The van der Waals surface area contributed by atoms with Gasteiger partial charge in [-0.15, -0.1) is 0 Å². The van der Waals surface area contributed by atoms with Gasteiger partial charge in [-0.25, -0.2) is 0 Å². The zero-order valence-electron chi connectivity index (χ0n) is 54.5. The minimum atomic E-state index is -1.62. The molecule has 0 aromatic carbocycles. The SMILES string of the molecule is CC/C=C\C/C=C\C/C=C\C/C=C\C/C=C\CCCCCCCCCCCC(=O)OC1C(OCC(NC(=O)C(O)CCCCCCCCCC/C=C\C/C=C\CCCCC)C(O)/C=C/CCCCCCCCCCCCC)OC(CO)C(O)C1O. The van der Waals surface area contributed by atoms with Crippen molar-refractivity contribution in [3.05, 3.63) is 97.2 Å². The summed E-state index contributed by atoms with van der Waals surface area (Å²) in [5.74, 6) is -1.20. The Hall–Kier alpha value is -3.42. The Morgan fingerprint density at radius 2 is 0.847 bits per heavy atom. The highest BCUT2D eigenvalue weighted by molar-refractivity contribution is 5.80. The van der Waals surface area contributed by atoms with E-state index < -0.39 is 67.4 Å². The van der Waals surface area contributed by atoms with Crippen molar-refractivity contribution in [2.75, 3.05) is 13.2 Å². The molecular weight excluding hydrogens is 1060 g/mol. The van der Waals surface area contributed by atoms with Gasteiger partial charge in [0.15, 0.2) is 12.4 Å². The van der Waals surface area contributed by atoms with Gasteiger partial charge in [0.05, 0.1) is 25.4 Å². The zero-order chi connectivity index (χ0) is 61.7. The molecule has 85 heavy (non-hydrogen) atoms. The van der Waals surface area contributed by atoms with E-state index in [0.717, 1.165) is 116 Å². The summed E-state index contributed by atoms with van der Waals surface area (Å²) in [6, 6.07) is -1.03. The average Bonchev–Trinajstić information content (AvgIpc) is 3.34. The Morgan fingerprint density at radius 3 is 1.29 bits per heavy atom. The first-order valence-electron chi connectivity index (χ1n) is 35.0. The number of esters is 1. The molecule has 0 spiro atoms. The number of nitrogens with one attached hydrogen (secondary N) is 1. The number of unbranched alkanes of at least 4 members (excludes halogenated alkanes) is 31. The summed E-state index contributed by atoms with van der Waals surface area (Å²) in [7, 11) is 0. The number of allylic oxidation sites excluding steroid dienone is 15. The van der Waals surface area contributed by atoms with Crippen LogP contribution in [0.15, 0.2) is 97.2 Å². The molecule has 490 valence electrons. The summed E-state index contributed by atoms with van der Waals surface area (Å²) in [5, 5.41) is 57.2. The van der Waals surface area contributed by atoms with Crippen LogP contribution in [0, 0.1) is 0 Å². The fraction of sp³-hybridized carbons (Fsp3) is 0.757. The summed E-state index contributed by atoms with van der Waals surface area (Å²) in [4.78, 5) is 26.7. The standard InChI is InChI=1S/C74H129NO10/c1-4-7-10-13-16-19-22-25-27-29-31-32-33-34-35-36-37-39-41-44-47-50-53-56-59-62-69(79)85-72-71(81)70(80)68(63-76)84-74(72)83-64-65(66(77)60-57-54-51-48-45-42-24-21-18-15-12-9-6-3)75-73(82)67(78)61-58-55-52-49-46-43-40-38-30-28-26-23-20-17-14-11-8-5-2/h7,10,16-17,19-20,25-28,31-32,34-35,57,60,65-68,70-72,74,76-78,80-81H,4-6,8-9,11-15,18,21-24,29-30,33,36-56,58-59,61-64H2,1-3H3,(H,75,82)/b10-7-,19-16-,20-17-,27-25-,28-26-,32-31-,35-34-,60-57+. The first kappa shape index (κ1) is 79.6. The lowest BCUT2D eigenvalue weighted by Crippen LogP contribution is -2.61. The molecule has 0 radical (unpaired) electrons. The number of ether oxygens (including phenoxy) is 3. The molecule has 1 amide bonds. The summed E-state index contributed by atoms with van der Waals surface area (Å²) in [6.45, 7) is 5.67. The van der Waals surface area contributed by atoms with Crippen molar-refractivity contribution >= 4 is 11.9 Å². The molecule has 6 N–H and O–H groups in total. The molecule has 1 saturated heterocycles. The second-order valence-electron chi connectivity index (χ2n) is 23.9. The van der Waals surface area contributed by atoms with E-state index in [4.69, 9.17) is 14.2 Å². The molecule has 0 bridgehead atoms. The van der Waals surface area contributed by atoms with E-state index in [0.29, 0.717) is 12.8 Å². The lowest BCUT2D eigenvalue weighted by molar-refractivity contribution is -0.305. The molecule has 0 aromatic rings. The quantitative estimate of drug-likeness (QED) is 0.0195. The molecular formula is C74H129NO10. The first-order chi connectivity index (χ1) is 41.7. The second kappa shape index (κ2) is 60.8. The minimum absolute atomic E-state index is 0.112. The maximum Gasteiger partial charge on any atom is 0.306 e. The number of hydrogen-bond acceptors (Lipinski definition) is 10.